The van der Waals surface area contributed by atoms with Crippen molar-refractivity contribution >= 4 is 16.1 Å². The third-order valence-corrected chi connectivity index (χ3v) is 2.27. The second-order valence-electron chi connectivity index (χ2n) is 4.78. The van der Waals surface area contributed by atoms with Crippen LogP contribution in [0.1, 0.15) is 6.42 Å². The summed E-state index contributed by atoms with van der Waals surface area (Å²) >= 11 is 0. The van der Waals surface area contributed by atoms with Crippen molar-refractivity contribution < 1.29 is 32.5 Å². The molecule has 0 rings (SSSR count). The van der Waals surface area contributed by atoms with Crippen LogP contribution in [-0.2, 0) is 14.9 Å². The van der Waals surface area contributed by atoms with E-state index in [0.717, 1.165) is 0 Å². The van der Waals surface area contributed by atoms with Crippen LogP contribution in [0.25, 0.3) is 0 Å². The van der Waals surface area contributed by atoms with Crippen LogP contribution in [0.2, 0.25) is 0 Å². The predicted molar refractivity (Wildman–Crippen MR) is 64.8 cm³/mol. The van der Waals surface area contributed by atoms with Gasteiger partial charge in [-0.3, -0.25) is 4.79 Å². The number of carbonyl (C=O) groups is 1. The van der Waals surface area contributed by atoms with E-state index < -0.39 is 27.9 Å². The molecule has 0 aliphatic carbocycles. The molecule has 0 saturated heterocycles. The number of aliphatic hydroxyl groups is 1. The maximum Gasteiger partial charge on any atom is 0.306 e. The molecule has 0 aromatic rings. The Hall–Kier alpha value is -0.740. The first-order valence-electron chi connectivity index (χ1n) is 5.21. The molecule has 0 aromatic carbocycles. The summed E-state index contributed by atoms with van der Waals surface area (Å²) in [6, 6.07) is 0. The minimum absolute atomic E-state index is 0.0914. The van der Waals surface area contributed by atoms with E-state index in [2.05, 4.69) is 0 Å². The predicted octanol–water partition coefficient (Wildman–Crippen LogP) is -1.98. The summed E-state index contributed by atoms with van der Waals surface area (Å²) in [5, 5.41) is 17.5. The number of nitrogens with zero attached hydrogens (tertiary/aromatic N) is 1. The second-order valence-corrected chi connectivity index (χ2v) is 6.30. The molecule has 0 aromatic heterocycles. The molecule has 4 N–H and O–H groups in total. The van der Waals surface area contributed by atoms with Crippen molar-refractivity contribution in [3.8, 4) is 0 Å². The van der Waals surface area contributed by atoms with Gasteiger partial charge in [0.25, 0.3) is 0 Å². The first kappa shape index (κ1) is 19.6. The average Bonchev–Trinajstić information content (AvgIpc) is 1.95. The van der Waals surface area contributed by atoms with E-state index in [1.807, 2.05) is 21.1 Å². The third-order valence-electron chi connectivity index (χ3n) is 1.54. The Balaban J connectivity index is 0. The van der Waals surface area contributed by atoms with Gasteiger partial charge in [-0.1, -0.05) is 0 Å². The smallest absolute Gasteiger partial charge is 0.306 e. The monoisotopic (exact) mass is 286 g/mol. The highest BCUT2D eigenvalue weighted by Gasteiger charge is 2.17. The number of carboxylic acids is 1. The lowest BCUT2D eigenvalue weighted by molar-refractivity contribution is -0.873. The topological polar surface area (TPSA) is 141 Å². The van der Waals surface area contributed by atoms with Crippen molar-refractivity contribution in [3.63, 3.8) is 0 Å². The van der Waals surface area contributed by atoms with Crippen LogP contribution < -0.4 is 5.73 Å². The quantitative estimate of drug-likeness (QED) is 0.379. The number of aliphatic hydroxyl groups excluding tert-OH is 1. The van der Waals surface area contributed by atoms with Crippen molar-refractivity contribution in [2.24, 2.45) is 5.73 Å². The summed E-state index contributed by atoms with van der Waals surface area (Å²) in [4.78, 5) is 10.1. The molecule has 18 heavy (non-hydrogen) atoms. The van der Waals surface area contributed by atoms with Crippen LogP contribution in [0.4, 0.5) is 0 Å². The van der Waals surface area contributed by atoms with Gasteiger partial charge >= 0.3 is 5.97 Å². The van der Waals surface area contributed by atoms with E-state index in [1.165, 1.54) is 0 Å². The van der Waals surface area contributed by atoms with Crippen molar-refractivity contribution in [1.82, 2.24) is 0 Å². The minimum Gasteiger partial charge on any atom is -0.748 e. The number of hydrogen-bond donors (Lipinski definition) is 3. The summed E-state index contributed by atoms with van der Waals surface area (Å²) in [5.74, 6) is -1.42. The Kier molecular flexibility index (Phi) is 9.12. The van der Waals surface area contributed by atoms with Crippen LogP contribution in [-0.4, -0.2) is 79.7 Å². The normalized spacial score (nSPS) is 13.4. The number of likely N-dealkylation sites (N-methyl/N-ethyl adjacent to an activating group) is 1. The molecular weight excluding hydrogens is 264 g/mol. The molecule has 0 saturated carbocycles. The summed E-state index contributed by atoms with van der Waals surface area (Å²) < 4.78 is 29.4. The Morgan fingerprint density at radius 2 is 1.83 bits per heavy atom. The lowest BCUT2D eigenvalue weighted by Gasteiger charge is -2.25. The van der Waals surface area contributed by atoms with Gasteiger partial charge in [-0.15, -0.1) is 0 Å². The number of nitrogens with two attached hydrogens (primary N) is 1. The van der Waals surface area contributed by atoms with Crippen molar-refractivity contribution in [2.45, 2.75) is 12.5 Å². The van der Waals surface area contributed by atoms with Gasteiger partial charge in [-0.05, 0) is 0 Å². The molecule has 0 fully saturated rings. The van der Waals surface area contributed by atoms with Crippen molar-refractivity contribution in [1.29, 1.82) is 0 Å². The van der Waals surface area contributed by atoms with E-state index in [4.69, 9.17) is 15.9 Å². The highest BCUT2D eigenvalue weighted by atomic mass is 32.2. The van der Waals surface area contributed by atoms with Crippen LogP contribution in [0, 0.1) is 0 Å². The molecule has 0 spiro atoms. The number of rotatable bonds is 6. The largest absolute Gasteiger partial charge is 0.748 e. The molecule has 1 atom stereocenters. The zero-order chi connectivity index (χ0) is 15.0. The van der Waals surface area contributed by atoms with Crippen LogP contribution in [0.5, 0.6) is 0 Å². The molecule has 0 aliphatic heterocycles. The Labute approximate surface area is 107 Å². The lowest BCUT2D eigenvalue weighted by Crippen LogP contribution is -2.42. The average molecular weight is 286 g/mol. The zero-order valence-electron chi connectivity index (χ0n) is 10.9. The van der Waals surface area contributed by atoms with Gasteiger partial charge in [0.1, 0.15) is 12.6 Å². The lowest BCUT2D eigenvalue weighted by atomic mass is 10.2. The van der Waals surface area contributed by atoms with Crippen molar-refractivity contribution in [2.75, 3.05) is 40.0 Å². The number of aliphatic carboxylic acids is 1. The fraction of sp³-hybridized carbons (Fsp3) is 0.889. The molecule has 0 radical (unpaired) electrons. The van der Waals surface area contributed by atoms with E-state index in [9.17, 15) is 17.8 Å². The molecule has 0 heterocycles. The van der Waals surface area contributed by atoms with Gasteiger partial charge in [0.2, 0.25) is 0 Å². The Morgan fingerprint density at radius 3 is 2.00 bits per heavy atom. The summed E-state index contributed by atoms with van der Waals surface area (Å²) in [7, 11) is 1.67. The van der Waals surface area contributed by atoms with Crippen LogP contribution >= 0.6 is 0 Å². The molecule has 9 heteroatoms. The molecule has 1 unspecified atom stereocenters. The van der Waals surface area contributed by atoms with E-state index in [-0.39, 0.29) is 13.0 Å². The number of quaternary nitrogens is 1. The van der Waals surface area contributed by atoms with Crippen molar-refractivity contribution in [3.05, 3.63) is 0 Å². The van der Waals surface area contributed by atoms with E-state index >= 15 is 0 Å². The Bertz CT molecular complexity index is 335. The standard InChI is InChI=1S/C7H15NO3.C2H7NO3S/c1-8(2,3)5-6(9)4-7(10)11;3-1-2-7(4,5)6/h6,9H,4-5H2,1-3H3;1-3H2,(H,4,5,6). The second kappa shape index (κ2) is 8.38. The summed E-state index contributed by atoms with van der Waals surface area (Å²) in [6.07, 6.45) is -0.914. The summed E-state index contributed by atoms with van der Waals surface area (Å²) in [6.45, 7) is 0.373. The van der Waals surface area contributed by atoms with Gasteiger partial charge in [-0.2, -0.15) is 0 Å². The molecule has 0 bridgehead atoms. The van der Waals surface area contributed by atoms with Crippen LogP contribution in [0.15, 0.2) is 0 Å². The Morgan fingerprint density at radius 1 is 1.39 bits per heavy atom. The summed E-state index contributed by atoms with van der Waals surface area (Å²) in [5.41, 5.74) is 4.74. The fourth-order valence-corrected chi connectivity index (χ4v) is 1.33. The third kappa shape index (κ3) is 20.6. The zero-order valence-corrected chi connectivity index (χ0v) is 11.7. The van der Waals surface area contributed by atoms with Gasteiger partial charge in [0.05, 0.1) is 43.4 Å². The number of hydrogen-bond acceptors (Lipinski definition) is 6. The van der Waals surface area contributed by atoms with Gasteiger partial charge in [0.15, 0.2) is 0 Å². The van der Waals surface area contributed by atoms with Gasteiger partial charge in [0, 0.05) is 6.54 Å². The fourth-order valence-electron chi connectivity index (χ4n) is 1.04. The maximum atomic E-state index is 10.1. The van der Waals surface area contributed by atoms with Gasteiger partial charge in [-0.25, -0.2) is 8.42 Å². The first-order chi connectivity index (χ1) is 7.87. The highest BCUT2D eigenvalue weighted by molar-refractivity contribution is 7.85. The van der Waals surface area contributed by atoms with E-state index in [0.29, 0.717) is 11.0 Å². The van der Waals surface area contributed by atoms with Crippen LogP contribution in [0.3, 0.4) is 0 Å². The minimum atomic E-state index is -4.05. The first-order valence-corrected chi connectivity index (χ1v) is 6.79. The molecule has 0 amide bonds. The molecule has 0 aliphatic rings. The molecular formula is C9H22N2O6S. The number of carboxylic acid groups (broad SMARTS) is 1. The molecule has 110 valence electrons. The van der Waals surface area contributed by atoms with E-state index in [1.54, 1.807) is 0 Å². The maximum absolute atomic E-state index is 10.1. The van der Waals surface area contributed by atoms with Gasteiger partial charge < -0.3 is 25.0 Å². The SMILES string of the molecule is C[N+](C)(C)CC(O)CC(=O)O.NCCS(=O)(=O)[O-]. The highest BCUT2D eigenvalue weighted by Crippen LogP contribution is 1.98. The molecule has 8 nitrogen and oxygen atoms in total.